The Kier molecular flexibility index (Phi) is 10.7. The standard InChI is InChI=1S/C28H30Cl3N3O4S/c1-4-16-32-28(36)20(3)33(17-23-24(30)9-7-10-25(23)31)27(35)18-34(26-11-6-5-8-19(26)2)39(37,38)22-14-12-21(29)13-15-22/h5-15,20H,4,16-18H2,1-3H3,(H,32,36)/t20-/m0/s1. The highest BCUT2D eigenvalue weighted by Gasteiger charge is 2.33. The molecule has 0 saturated heterocycles. The zero-order chi connectivity index (χ0) is 28.7. The molecule has 0 aliphatic carbocycles. The van der Waals surface area contributed by atoms with Crippen LogP contribution in [0.5, 0.6) is 0 Å². The molecule has 0 aromatic heterocycles. The van der Waals surface area contributed by atoms with Crippen LogP contribution in [-0.2, 0) is 26.2 Å². The largest absolute Gasteiger partial charge is 0.354 e. The van der Waals surface area contributed by atoms with E-state index in [4.69, 9.17) is 34.8 Å². The number of hydrogen-bond acceptors (Lipinski definition) is 4. The summed E-state index contributed by atoms with van der Waals surface area (Å²) in [6, 6.07) is 16.6. The fourth-order valence-corrected chi connectivity index (χ4v) is 6.04. The molecule has 2 amide bonds. The van der Waals surface area contributed by atoms with Crippen molar-refractivity contribution in [2.45, 2.75) is 44.7 Å². The first-order chi connectivity index (χ1) is 18.5. The summed E-state index contributed by atoms with van der Waals surface area (Å²) in [7, 11) is -4.20. The Bertz CT molecular complexity index is 1410. The van der Waals surface area contributed by atoms with E-state index in [0.717, 1.165) is 4.31 Å². The first-order valence-corrected chi connectivity index (χ1v) is 14.9. The number of sulfonamides is 1. The van der Waals surface area contributed by atoms with Crippen molar-refractivity contribution in [2.75, 3.05) is 17.4 Å². The Balaban J connectivity index is 2.07. The van der Waals surface area contributed by atoms with E-state index >= 15 is 0 Å². The maximum absolute atomic E-state index is 13.9. The van der Waals surface area contributed by atoms with E-state index in [1.54, 1.807) is 56.3 Å². The van der Waals surface area contributed by atoms with Gasteiger partial charge in [0.25, 0.3) is 10.0 Å². The molecular formula is C28H30Cl3N3O4S. The van der Waals surface area contributed by atoms with Gasteiger partial charge in [-0.05, 0) is 68.3 Å². The molecule has 11 heteroatoms. The number of amides is 2. The van der Waals surface area contributed by atoms with Crippen molar-refractivity contribution in [1.29, 1.82) is 0 Å². The third-order valence-electron chi connectivity index (χ3n) is 6.17. The topological polar surface area (TPSA) is 86.8 Å². The Morgan fingerprint density at radius 2 is 1.54 bits per heavy atom. The van der Waals surface area contributed by atoms with E-state index < -0.39 is 28.5 Å². The summed E-state index contributed by atoms with van der Waals surface area (Å²) in [5.41, 5.74) is 1.43. The number of nitrogens with one attached hydrogen (secondary N) is 1. The Morgan fingerprint density at radius 3 is 2.13 bits per heavy atom. The Labute approximate surface area is 244 Å². The normalized spacial score (nSPS) is 12.1. The summed E-state index contributed by atoms with van der Waals surface area (Å²) in [6.07, 6.45) is 0.711. The summed E-state index contributed by atoms with van der Waals surface area (Å²) in [5, 5.41) is 3.82. The molecule has 0 spiro atoms. The van der Waals surface area contributed by atoms with Crippen molar-refractivity contribution >= 4 is 62.3 Å². The third kappa shape index (κ3) is 7.45. The lowest BCUT2D eigenvalue weighted by Gasteiger charge is -2.32. The van der Waals surface area contributed by atoms with Crippen LogP contribution in [0, 0.1) is 6.92 Å². The highest BCUT2D eigenvalue weighted by atomic mass is 35.5. The number of hydrogen-bond donors (Lipinski definition) is 1. The van der Waals surface area contributed by atoms with Gasteiger partial charge in [0.1, 0.15) is 12.6 Å². The highest BCUT2D eigenvalue weighted by molar-refractivity contribution is 7.92. The summed E-state index contributed by atoms with van der Waals surface area (Å²) < 4.78 is 28.8. The smallest absolute Gasteiger partial charge is 0.264 e. The molecule has 0 radical (unpaired) electrons. The maximum atomic E-state index is 13.9. The molecule has 7 nitrogen and oxygen atoms in total. The number of anilines is 1. The number of nitrogens with zero attached hydrogens (tertiary/aromatic N) is 2. The lowest BCUT2D eigenvalue weighted by molar-refractivity contribution is -0.139. The van der Waals surface area contributed by atoms with E-state index in [1.165, 1.54) is 29.2 Å². The number of halogens is 3. The number of para-hydroxylation sites is 1. The molecule has 3 aromatic carbocycles. The van der Waals surface area contributed by atoms with Crippen molar-refractivity contribution in [1.82, 2.24) is 10.2 Å². The molecule has 3 aromatic rings. The SMILES string of the molecule is CCCNC(=O)[C@H](C)N(Cc1c(Cl)cccc1Cl)C(=O)CN(c1ccccc1C)S(=O)(=O)c1ccc(Cl)cc1. The number of carbonyl (C=O) groups excluding carboxylic acids is 2. The lowest BCUT2D eigenvalue weighted by atomic mass is 10.1. The molecular weight excluding hydrogens is 581 g/mol. The highest BCUT2D eigenvalue weighted by Crippen LogP contribution is 2.30. The van der Waals surface area contributed by atoms with Gasteiger partial charge in [-0.2, -0.15) is 0 Å². The molecule has 0 bridgehead atoms. The van der Waals surface area contributed by atoms with Crippen LogP contribution in [0.4, 0.5) is 5.69 Å². The van der Waals surface area contributed by atoms with E-state index in [2.05, 4.69) is 5.32 Å². The maximum Gasteiger partial charge on any atom is 0.264 e. The van der Waals surface area contributed by atoms with Gasteiger partial charge >= 0.3 is 0 Å². The number of aryl methyl sites for hydroxylation is 1. The second kappa shape index (κ2) is 13.5. The zero-order valence-corrected chi connectivity index (χ0v) is 24.9. The minimum absolute atomic E-state index is 0.0302. The van der Waals surface area contributed by atoms with Gasteiger partial charge in [-0.25, -0.2) is 8.42 Å². The summed E-state index contributed by atoms with van der Waals surface area (Å²) in [5.74, 6) is -0.984. The van der Waals surface area contributed by atoms with Gasteiger partial charge in [-0.3, -0.25) is 13.9 Å². The van der Waals surface area contributed by atoms with Crippen LogP contribution in [0.1, 0.15) is 31.4 Å². The van der Waals surface area contributed by atoms with Crippen molar-refractivity contribution in [3.8, 4) is 0 Å². The van der Waals surface area contributed by atoms with Gasteiger partial charge in [0, 0.05) is 33.7 Å². The summed E-state index contributed by atoms with van der Waals surface area (Å²) >= 11 is 18.8. The van der Waals surface area contributed by atoms with Gasteiger partial charge in [0.05, 0.1) is 10.6 Å². The van der Waals surface area contributed by atoms with Crippen LogP contribution in [0.15, 0.2) is 71.6 Å². The molecule has 208 valence electrons. The molecule has 0 heterocycles. The quantitative estimate of drug-likeness (QED) is 0.285. The van der Waals surface area contributed by atoms with Crippen molar-refractivity contribution in [2.24, 2.45) is 0 Å². The van der Waals surface area contributed by atoms with Crippen LogP contribution < -0.4 is 9.62 Å². The Hall–Kier alpha value is -2.78. The number of benzene rings is 3. The predicted octanol–water partition coefficient (Wildman–Crippen LogP) is 6.09. The molecule has 39 heavy (non-hydrogen) atoms. The van der Waals surface area contributed by atoms with Gasteiger partial charge in [0.2, 0.25) is 11.8 Å². The van der Waals surface area contributed by atoms with Crippen LogP contribution >= 0.6 is 34.8 Å². The van der Waals surface area contributed by atoms with Crippen molar-refractivity contribution in [3.05, 3.63) is 92.9 Å². The molecule has 0 aliphatic rings. The van der Waals surface area contributed by atoms with E-state index in [1.807, 2.05) is 6.92 Å². The first kappa shape index (κ1) is 30.8. The van der Waals surface area contributed by atoms with Crippen LogP contribution in [0.25, 0.3) is 0 Å². The fourth-order valence-electron chi connectivity index (χ4n) is 3.92. The van der Waals surface area contributed by atoms with Crippen LogP contribution in [-0.4, -0.2) is 44.3 Å². The van der Waals surface area contributed by atoms with Crippen molar-refractivity contribution < 1.29 is 18.0 Å². The summed E-state index contributed by atoms with van der Waals surface area (Å²) in [6.45, 7) is 5.02. The molecule has 0 fully saturated rings. The van der Waals surface area contributed by atoms with E-state index in [0.29, 0.717) is 44.8 Å². The van der Waals surface area contributed by atoms with Crippen molar-refractivity contribution in [3.63, 3.8) is 0 Å². The minimum atomic E-state index is -4.20. The second-order valence-corrected chi connectivity index (χ2v) is 12.1. The monoisotopic (exact) mass is 609 g/mol. The molecule has 1 atom stereocenters. The van der Waals surface area contributed by atoms with Gasteiger partial charge in [-0.15, -0.1) is 0 Å². The minimum Gasteiger partial charge on any atom is -0.354 e. The molecule has 0 unspecified atom stereocenters. The van der Waals surface area contributed by atoms with Gasteiger partial charge < -0.3 is 10.2 Å². The average Bonchev–Trinajstić information content (AvgIpc) is 2.90. The Morgan fingerprint density at radius 1 is 0.923 bits per heavy atom. The lowest BCUT2D eigenvalue weighted by Crippen LogP contribution is -2.51. The molecule has 0 saturated carbocycles. The van der Waals surface area contributed by atoms with Crippen LogP contribution in [0.2, 0.25) is 15.1 Å². The third-order valence-corrected chi connectivity index (χ3v) is 8.91. The second-order valence-electron chi connectivity index (χ2n) is 8.94. The summed E-state index contributed by atoms with van der Waals surface area (Å²) in [4.78, 5) is 28.2. The van der Waals surface area contributed by atoms with Gasteiger partial charge in [0.15, 0.2) is 0 Å². The van der Waals surface area contributed by atoms with Gasteiger partial charge in [-0.1, -0.05) is 66.0 Å². The molecule has 3 rings (SSSR count). The zero-order valence-electron chi connectivity index (χ0n) is 21.8. The predicted molar refractivity (Wildman–Crippen MR) is 157 cm³/mol. The van der Waals surface area contributed by atoms with E-state index in [-0.39, 0.29) is 17.3 Å². The number of rotatable bonds is 11. The van der Waals surface area contributed by atoms with E-state index in [9.17, 15) is 18.0 Å². The first-order valence-electron chi connectivity index (χ1n) is 12.3. The molecule has 1 N–H and O–H groups in total. The molecule has 0 aliphatic heterocycles. The average molecular weight is 611 g/mol. The number of carbonyl (C=O) groups is 2. The van der Waals surface area contributed by atoms with Crippen LogP contribution in [0.3, 0.4) is 0 Å². The fraction of sp³-hybridized carbons (Fsp3) is 0.286.